The minimum atomic E-state index is -0.510. The molecular formula is C20H20BrFN2O3. The van der Waals surface area contributed by atoms with Crippen molar-refractivity contribution in [3.05, 3.63) is 63.9 Å². The molecule has 0 aromatic heterocycles. The average molecular weight is 435 g/mol. The summed E-state index contributed by atoms with van der Waals surface area (Å²) in [5.74, 6) is -0.700. The van der Waals surface area contributed by atoms with Crippen LogP contribution in [0.5, 0.6) is 5.75 Å². The van der Waals surface area contributed by atoms with Crippen molar-refractivity contribution in [2.24, 2.45) is 0 Å². The number of hydrogen-bond donors (Lipinski definition) is 1. The average Bonchev–Trinajstić information content (AvgIpc) is 3.16. The van der Waals surface area contributed by atoms with Gasteiger partial charge in [0.05, 0.1) is 7.11 Å². The van der Waals surface area contributed by atoms with Crippen LogP contribution in [0.4, 0.5) is 4.39 Å². The minimum absolute atomic E-state index is 0.157. The number of halogens is 2. The molecule has 0 aliphatic carbocycles. The number of ether oxygens (including phenoxy) is 1. The van der Waals surface area contributed by atoms with Gasteiger partial charge in [-0.2, -0.15) is 0 Å². The van der Waals surface area contributed by atoms with Gasteiger partial charge in [0.25, 0.3) is 5.91 Å². The summed E-state index contributed by atoms with van der Waals surface area (Å²) in [5.41, 5.74) is 1.18. The Labute approximate surface area is 165 Å². The lowest BCUT2D eigenvalue weighted by atomic mass is 10.1. The number of methoxy groups -OCH3 is 1. The second kappa shape index (κ2) is 8.52. The van der Waals surface area contributed by atoms with Crippen LogP contribution in [0, 0.1) is 5.82 Å². The van der Waals surface area contributed by atoms with Crippen LogP contribution in [0.1, 0.15) is 28.8 Å². The highest BCUT2D eigenvalue weighted by Gasteiger charge is 2.34. The van der Waals surface area contributed by atoms with E-state index in [9.17, 15) is 14.0 Å². The molecule has 1 saturated heterocycles. The first-order valence-electron chi connectivity index (χ1n) is 8.66. The molecule has 0 radical (unpaired) electrons. The number of benzene rings is 2. The van der Waals surface area contributed by atoms with Crippen molar-refractivity contribution in [2.45, 2.75) is 25.4 Å². The van der Waals surface area contributed by atoms with E-state index in [0.29, 0.717) is 24.1 Å². The molecule has 1 fully saturated rings. The number of amides is 2. The highest BCUT2D eigenvalue weighted by molar-refractivity contribution is 9.10. The van der Waals surface area contributed by atoms with Gasteiger partial charge in [0.2, 0.25) is 5.91 Å². The highest BCUT2D eigenvalue weighted by atomic mass is 79.9. The highest BCUT2D eigenvalue weighted by Crippen LogP contribution is 2.22. The molecule has 2 amide bonds. The largest absolute Gasteiger partial charge is 0.494 e. The van der Waals surface area contributed by atoms with Crippen molar-refractivity contribution in [1.82, 2.24) is 10.2 Å². The molecule has 142 valence electrons. The Morgan fingerprint density at radius 1 is 1.26 bits per heavy atom. The molecule has 0 bridgehead atoms. The Morgan fingerprint density at radius 2 is 2.00 bits per heavy atom. The second-order valence-electron chi connectivity index (χ2n) is 6.35. The quantitative estimate of drug-likeness (QED) is 0.782. The number of likely N-dealkylation sites (tertiary alicyclic amines) is 1. The number of carbonyl (C=O) groups is 2. The Hall–Kier alpha value is -2.41. The van der Waals surface area contributed by atoms with Gasteiger partial charge in [-0.05, 0) is 54.8 Å². The van der Waals surface area contributed by atoms with Gasteiger partial charge in [-0.1, -0.05) is 22.0 Å². The van der Waals surface area contributed by atoms with Crippen molar-refractivity contribution in [3.63, 3.8) is 0 Å². The van der Waals surface area contributed by atoms with E-state index in [2.05, 4.69) is 21.2 Å². The van der Waals surface area contributed by atoms with Gasteiger partial charge >= 0.3 is 0 Å². The number of nitrogens with zero attached hydrogens (tertiary/aromatic N) is 1. The van der Waals surface area contributed by atoms with E-state index < -0.39 is 11.9 Å². The third-order valence-corrected chi connectivity index (χ3v) is 5.12. The Morgan fingerprint density at radius 3 is 2.67 bits per heavy atom. The van der Waals surface area contributed by atoms with Crippen LogP contribution in [-0.2, 0) is 11.3 Å². The van der Waals surface area contributed by atoms with Crippen LogP contribution < -0.4 is 10.1 Å². The molecule has 1 heterocycles. The lowest BCUT2D eigenvalue weighted by Gasteiger charge is -2.24. The molecule has 2 aromatic carbocycles. The maximum absolute atomic E-state index is 13.8. The summed E-state index contributed by atoms with van der Waals surface area (Å²) in [7, 11) is 1.40. The molecule has 1 atom stereocenters. The second-order valence-corrected chi connectivity index (χ2v) is 7.27. The van der Waals surface area contributed by atoms with Gasteiger partial charge in [0.1, 0.15) is 6.04 Å². The predicted molar refractivity (Wildman–Crippen MR) is 103 cm³/mol. The van der Waals surface area contributed by atoms with E-state index in [1.54, 1.807) is 35.2 Å². The lowest BCUT2D eigenvalue weighted by Crippen LogP contribution is -2.45. The van der Waals surface area contributed by atoms with Crippen LogP contribution in [0.25, 0.3) is 0 Å². The molecule has 3 rings (SSSR count). The Bertz CT molecular complexity index is 842. The monoisotopic (exact) mass is 434 g/mol. The van der Waals surface area contributed by atoms with Gasteiger partial charge in [-0.3, -0.25) is 9.59 Å². The molecule has 1 aliphatic rings. The standard InChI is InChI=1S/C20H20BrFN2O3/c1-27-18-9-4-13(11-16(18)22)12-23-19(25)17-3-2-10-24(17)20(26)14-5-7-15(21)8-6-14/h4-9,11,17H,2-3,10,12H2,1H3,(H,23,25). The summed E-state index contributed by atoms with van der Waals surface area (Å²) in [6.45, 7) is 0.737. The summed E-state index contributed by atoms with van der Waals surface area (Å²) in [6, 6.07) is 11.1. The molecule has 0 saturated carbocycles. The van der Waals surface area contributed by atoms with Gasteiger partial charge in [0, 0.05) is 23.1 Å². The summed E-state index contributed by atoms with van der Waals surface area (Å²) in [5, 5.41) is 2.80. The zero-order valence-electron chi connectivity index (χ0n) is 14.9. The van der Waals surface area contributed by atoms with E-state index in [-0.39, 0.29) is 24.1 Å². The van der Waals surface area contributed by atoms with Gasteiger partial charge in [-0.25, -0.2) is 4.39 Å². The van der Waals surface area contributed by atoms with Crippen molar-refractivity contribution in [2.75, 3.05) is 13.7 Å². The SMILES string of the molecule is COc1ccc(CNC(=O)C2CCCN2C(=O)c2ccc(Br)cc2)cc1F. The van der Waals surface area contributed by atoms with Crippen LogP contribution >= 0.6 is 15.9 Å². The molecule has 0 spiro atoms. The molecule has 7 heteroatoms. The van der Waals surface area contributed by atoms with Crippen LogP contribution in [0.15, 0.2) is 46.9 Å². The third kappa shape index (κ3) is 4.47. The maximum Gasteiger partial charge on any atom is 0.254 e. The van der Waals surface area contributed by atoms with E-state index in [0.717, 1.165) is 10.9 Å². The van der Waals surface area contributed by atoms with Gasteiger partial charge < -0.3 is 15.0 Å². The lowest BCUT2D eigenvalue weighted by molar-refractivity contribution is -0.125. The first kappa shape index (κ1) is 19.4. The summed E-state index contributed by atoms with van der Waals surface area (Å²) >= 11 is 3.35. The minimum Gasteiger partial charge on any atom is -0.494 e. The van der Waals surface area contributed by atoms with Gasteiger partial charge in [-0.15, -0.1) is 0 Å². The fourth-order valence-corrected chi connectivity index (χ4v) is 3.43. The molecule has 27 heavy (non-hydrogen) atoms. The smallest absolute Gasteiger partial charge is 0.254 e. The van der Waals surface area contributed by atoms with E-state index in [4.69, 9.17) is 4.74 Å². The number of hydrogen-bond acceptors (Lipinski definition) is 3. The van der Waals surface area contributed by atoms with E-state index in [1.165, 1.54) is 19.2 Å². The number of nitrogens with one attached hydrogen (secondary N) is 1. The number of rotatable bonds is 5. The third-order valence-electron chi connectivity index (χ3n) is 4.59. The fourth-order valence-electron chi connectivity index (χ4n) is 3.17. The van der Waals surface area contributed by atoms with Crippen LogP contribution in [0.2, 0.25) is 0 Å². The van der Waals surface area contributed by atoms with Crippen molar-refractivity contribution < 1.29 is 18.7 Å². The fraction of sp³-hybridized carbons (Fsp3) is 0.300. The molecular weight excluding hydrogens is 415 g/mol. The molecule has 1 aliphatic heterocycles. The molecule has 1 unspecified atom stereocenters. The summed E-state index contributed by atoms with van der Waals surface area (Å²) in [6.07, 6.45) is 1.39. The summed E-state index contributed by atoms with van der Waals surface area (Å²) in [4.78, 5) is 26.9. The van der Waals surface area contributed by atoms with Crippen molar-refractivity contribution >= 4 is 27.7 Å². The van der Waals surface area contributed by atoms with Crippen LogP contribution in [-0.4, -0.2) is 36.4 Å². The number of carbonyl (C=O) groups excluding carboxylic acids is 2. The van der Waals surface area contributed by atoms with Crippen molar-refractivity contribution in [3.8, 4) is 5.75 Å². The molecule has 2 aromatic rings. The van der Waals surface area contributed by atoms with Gasteiger partial charge in [0.15, 0.2) is 11.6 Å². The van der Waals surface area contributed by atoms with Crippen molar-refractivity contribution in [1.29, 1.82) is 0 Å². The van der Waals surface area contributed by atoms with Crippen LogP contribution in [0.3, 0.4) is 0 Å². The maximum atomic E-state index is 13.8. The molecule has 1 N–H and O–H groups in total. The zero-order chi connectivity index (χ0) is 19.4. The summed E-state index contributed by atoms with van der Waals surface area (Å²) < 4.78 is 19.5. The Kier molecular flexibility index (Phi) is 6.11. The normalized spacial score (nSPS) is 16.3. The topological polar surface area (TPSA) is 58.6 Å². The van der Waals surface area contributed by atoms with E-state index >= 15 is 0 Å². The predicted octanol–water partition coefficient (Wildman–Crippen LogP) is 3.52. The van der Waals surface area contributed by atoms with E-state index in [1.807, 2.05) is 0 Å². The zero-order valence-corrected chi connectivity index (χ0v) is 16.5. The Balaban J connectivity index is 1.64. The molecule has 5 nitrogen and oxygen atoms in total. The first-order chi connectivity index (χ1) is 13.0. The first-order valence-corrected chi connectivity index (χ1v) is 9.45.